The molecule has 0 radical (unpaired) electrons. The van der Waals surface area contributed by atoms with E-state index in [-0.39, 0.29) is 18.7 Å². The van der Waals surface area contributed by atoms with Crippen molar-refractivity contribution in [2.45, 2.75) is 13.5 Å². The molecule has 184 valence electrons. The highest BCUT2D eigenvalue weighted by atomic mass is 16.5. The molecule has 36 heavy (non-hydrogen) atoms. The summed E-state index contributed by atoms with van der Waals surface area (Å²) in [7, 11) is 0. The van der Waals surface area contributed by atoms with Gasteiger partial charge >= 0.3 is 12.0 Å². The maximum atomic E-state index is 12.3. The van der Waals surface area contributed by atoms with Gasteiger partial charge in [0.05, 0.1) is 0 Å². The van der Waals surface area contributed by atoms with E-state index >= 15 is 0 Å². The van der Waals surface area contributed by atoms with Crippen LogP contribution in [0.4, 0.5) is 10.5 Å². The summed E-state index contributed by atoms with van der Waals surface area (Å²) in [5.41, 5.74) is 4.84. The van der Waals surface area contributed by atoms with Crippen LogP contribution >= 0.6 is 0 Å². The smallest absolute Gasteiger partial charge is 0.319 e. The van der Waals surface area contributed by atoms with E-state index in [9.17, 15) is 9.59 Å². The second kappa shape index (κ2) is 12.3. The average molecular weight is 484 g/mol. The van der Waals surface area contributed by atoms with Crippen LogP contribution in [0.15, 0.2) is 103 Å². The van der Waals surface area contributed by atoms with Gasteiger partial charge < -0.3 is 25.0 Å². The Kier molecular flexibility index (Phi) is 8.38. The second-order valence-electron chi connectivity index (χ2n) is 8.33. The van der Waals surface area contributed by atoms with Gasteiger partial charge in [-0.3, -0.25) is 4.79 Å². The Morgan fingerprint density at radius 1 is 0.944 bits per heavy atom. The minimum Gasteiger partial charge on any atom is -0.488 e. The highest BCUT2D eigenvalue weighted by molar-refractivity contribution is 5.89. The summed E-state index contributed by atoms with van der Waals surface area (Å²) in [5.74, 6) is 0.496. The van der Waals surface area contributed by atoms with Gasteiger partial charge in [-0.2, -0.15) is 0 Å². The van der Waals surface area contributed by atoms with Crippen LogP contribution < -0.4 is 15.4 Å². The number of hydrogen-bond donors (Lipinski definition) is 2. The molecule has 0 spiro atoms. The Labute approximate surface area is 211 Å². The van der Waals surface area contributed by atoms with Gasteiger partial charge in [-0.1, -0.05) is 66.7 Å². The standard InChI is InChI=1S/C29H29N3O4/c1-22(33)36-21-32-17-7-8-24(19-32)18-30-29(34)31-26-15-13-23(14-16-26)20-35-28-12-6-5-11-27(28)25-9-3-2-4-10-25/h2-17H,18-21H2,1H3,(H2,30,31,34). The van der Waals surface area contributed by atoms with Crippen molar-refractivity contribution in [3.8, 4) is 16.9 Å². The van der Waals surface area contributed by atoms with E-state index in [2.05, 4.69) is 22.8 Å². The van der Waals surface area contributed by atoms with Crippen molar-refractivity contribution in [3.63, 3.8) is 0 Å². The predicted molar refractivity (Wildman–Crippen MR) is 140 cm³/mol. The maximum absolute atomic E-state index is 12.3. The molecule has 0 unspecified atom stereocenters. The van der Waals surface area contributed by atoms with Gasteiger partial charge in [0.25, 0.3) is 0 Å². The molecule has 1 aliphatic heterocycles. The Morgan fingerprint density at radius 2 is 1.69 bits per heavy atom. The minimum absolute atomic E-state index is 0.184. The number of allylic oxidation sites excluding steroid dienone is 2. The van der Waals surface area contributed by atoms with Crippen LogP contribution in [0.3, 0.4) is 0 Å². The van der Waals surface area contributed by atoms with E-state index in [1.54, 1.807) is 0 Å². The van der Waals surface area contributed by atoms with Crippen LogP contribution in [0.5, 0.6) is 5.75 Å². The van der Waals surface area contributed by atoms with Crippen molar-refractivity contribution in [2.24, 2.45) is 0 Å². The Bertz CT molecular complexity index is 1240. The van der Waals surface area contributed by atoms with E-state index in [0.29, 0.717) is 25.4 Å². The lowest BCUT2D eigenvalue weighted by Gasteiger charge is -2.24. The highest BCUT2D eigenvalue weighted by Crippen LogP contribution is 2.30. The number of anilines is 1. The summed E-state index contributed by atoms with van der Waals surface area (Å²) < 4.78 is 11.1. The Hall–Kier alpha value is -4.52. The number of benzene rings is 3. The zero-order valence-electron chi connectivity index (χ0n) is 20.1. The van der Waals surface area contributed by atoms with Crippen LogP contribution in [0.2, 0.25) is 0 Å². The number of carbonyl (C=O) groups excluding carboxylic acids is 2. The van der Waals surface area contributed by atoms with Crippen molar-refractivity contribution in [1.29, 1.82) is 0 Å². The molecule has 2 N–H and O–H groups in total. The quantitative estimate of drug-likeness (QED) is 0.402. The van der Waals surface area contributed by atoms with Gasteiger partial charge in [0, 0.05) is 37.5 Å². The number of nitrogens with one attached hydrogen (secondary N) is 2. The van der Waals surface area contributed by atoms with E-state index in [1.165, 1.54) is 6.92 Å². The molecule has 2 amide bonds. The lowest BCUT2D eigenvalue weighted by molar-refractivity contribution is -0.144. The third kappa shape index (κ3) is 7.24. The molecule has 0 aliphatic carbocycles. The monoisotopic (exact) mass is 483 g/mol. The van der Waals surface area contributed by atoms with Gasteiger partial charge in [-0.25, -0.2) is 4.79 Å². The maximum Gasteiger partial charge on any atom is 0.319 e. The lowest BCUT2D eigenvalue weighted by Crippen LogP contribution is -2.34. The zero-order valence-corrected chi connectivity index (χ0v) is 20.1. The highest BCUT2D eigenvalue weighted by Gasteiger charge is 2.11. The van der Waals surface area contributed by atoms with Crippen LogP contribution in [0.25, 0.3) is 11.1 Å². The van der Waals surface area contributed by atoms with Crippen molar-refractivity contribution >= 4 is 17.7 Å². The van der Waals surface area contributed by atoms with Gasteiger partial charge in [-0.15, -0.1) is 0 Å². The molecule has 3 aromatic carbocycles. The fraction of sp³-hybridized carbons (Fsp3) is 0.172. The van der Waals surface area contributed by atoms with E-state index in [1.807, 2.05) is 90.0 Å². The van der Waals surface area contributed by atoms with Crippen LogP contribution in [0, 0.1) is 0 Å². The van der Waals surface area contributed by atoms with Crippen LogP contribution in [-0.4, -0.2) is 36.7 Å². The third-order valence-electron chi connectivity index (χ3n) is 5.52. The van der Waals surface area contributed by atoms with Crippen LogP contribution in [-0.2, 0) is 16.1 Å². The first kappa shape index (κ1) is 24.6. The molecule has 0 saturated carbocycles. The van der Waals surface area contributed by atoms with Crippen molar-refractivity contribution in [3.05, 3.63) is 108 Å². The van der Waals surface area contributed by atoms with Crippen LogP contribution in [0.1, 0.15) is 12.5 Å². The number of urea groups is 1. The number of rotatable bonds is 9. The molecule has 0 fully saturated rings. The lowest BCUT2D eigenvalue weighted by atomic mass is 10.0. The predicted octanol–water partition coefficient (Wildman–Crippen LogP) is 5.33. The SMILES string of the molecule is CC(=O)OCN1C=CC=C(CNC(=O)Nc2ccc(COc3ccccc3-c3ccccc3)cc2)C1. The summed E-state index contributed by atoms with van der Waals surface area (Å²) >= 11 is 0. The third-order valence-corrected chi connectivity index (χ3v) is 5.52. The van der Waals surface area contributed by atoms with Gasteiger partial charge in [0.2, 0.25) is 0 Å². The summed E-state index contributed by atoms with van der Waals surface area (Å²) in [6.45, 7) is 2.94. The summed E-state index contributed by atoms with van der Waals surface area (Å²) in [6, 6.07) is 25.4. The molecular formula is C29H29N3O4. The first-order valence-corrected chi connectivity index (χ1v) is 11.7. The number of nitrogens with zero attached hydrogens (tertiary/aromatic N) is 1. The molecule has 0 bridgehead atoms. The Balaban J connectivity index is 1.24. The second-order valence-corrected chi connectivity index (χ2v) is 8.33. The summed E-state index contributed by atoms with van der Waals surface area (Å²) in [5, 5.41) is 5.70. The van der Waals surface area contributed by atoms with E-state index < -0.39 is 0 Å². The first-order chi connectivity index (χ1) is 17.6. The fourth-order valence-corrected chi connectivity index (χ4v) is 3.71. The number of ether oxygens (including phenoxy) is 2. The zero-order chi connectivity index (χ0) is 25.2. The Morgan fingerprint density at radius 3 is 2.47 bits per heavy atom. The molecule has 0 atom stereocenters. The first-order valence-electron chi connectivity index (χ1n) is 11.7. The minimum atomic E-state index is -0.327. The normalized spacial score (nSPS) is 12.5. The van der Waals surface area contributed by atoms with Gasteiger partial charge in [-0.05, 0) is 41.0 Å². The number of esters is 1. The average Bonchev–Trinajstić information content (AvgIpc) is 2.91. The molecule has 1 heterocycles. The van der Waals surface area contributed by atoms with Crippen molar-refractivity contribution < 1.29 is 19.1 Å². The molecule has 3 aromatic rings. The van der Waals surface area contributed by atoms with E-state index in [4.69, 9.17) is 9.47 Å². The van der Waals surface area contributed by atoms with E-state index in [0.717, 1.165) is 28.0 Å². The molecule has 7 heteroatoms. The molecule has 4 rings (SSSR count). The fourth-order valence-electron chi connectivity index (χ4n) is 3.71. The summed E-state index contributed by atoms with van der Waals surface area (Å²) in [6.07, 6.45) is 5.65. The molecule has 1 aliphatic rings. The number of carbonyl (C=O) groups is 2. The number of hydrogen-bond acceptors (Lipinski definition) is 5. The largest absolute Gasteiger partial charge is 0.488 e. The topological polar surface area (TPSA) is 79.9 Å². The number of para-hydroxylation sites is 1. The van der Waals surface area contributed by atoms with Gasteiger partial charge in [0.15, 0.2) is 6.73 Å². The molecule has 0 aromatic heterocycles. The van der Waals surface area contributed by atoms with Crippen molar-refractivity contribution in [1.82, 2.24) is 10.2 Å². The molecular weight excluding hydrogens is 454 g/mol. The summed E-state index contributed by atoms with van der Waals surface area (Å²) in [4.78, 5) is 25.2. The van der Waals surface area contributed by atoms with Gasteiger partial charge in [0.1, 0.15) is 12.4 Å². The molecule has 7 nitrogen and oxygen atoms in total. The number of amides is 2. The molecule has 0 saturated heterocycles. The van der Waals surface area contributed by atoms with Crippen molar-refractivity contribution in [2.75, 3.05) is 25.1 Å².